The molecule has 0 saturated carbocycles. The molecule has 0 saturated heterocycles. The van der Waals surface area contributed by atoms with E-state index in [1.165, 1.54) is 24.3 Å². The van der Waals surface area contributed by atoms with Crippen molar-refractivity contribution >= 4 is 16.8 Å². The van der Waals surface area contributed by atoms with E-state index in [0.29, 0.717) is 5.69 Å². The summed E-state index contributed by atoms with van der Waals surface area (Å²) < 4.78 is 20.8. The minimum Gasteiger partial charge on any atom is -0.768 e. The highest BCUT2D eigenvalue weighted by Crippen LogP contribution is 2.11. The van der Waals surface area contributed by atoms with Crippen LogP contribution in [0.1, 0.15) is 0 Å². The second kappa shape index (κ2) is 4.46. The van der Waals surface area contributed by atoms with Crippen LogP contribution >= 0.6 is 0 Å². The van der Waals surface area contributed by atoms with Crippen molar-refractivity contribution in [3.63, 3.8) is 0 Å². The van der Waals surface area contributed by atoms with Crippen molar-refractivity contribution in [1.82, 2.24) is 0 Å². The third-order valence-electron chi connectivity index (χ3n) is 1.27. The molecular weight excluding hydrogens is 192 g/mol. The Hall–Kier alpha value is -1.56. The number of azide groups is 1. The molecule has 0 radical (unpaired) electrons. The minimum absolute atomic E-state index is 0.187. The number of hydrogen-bond acceptors (Lipinski definition) is 3. The van der Waals surface area contributed by atoms with Crippen molar-refractivity contribution < 1.29 is 8.76 Å². The summed E-state index contributed by atoms with van der Waals surface area (Å²) in [5.74, 6) is 0. The highest BCUT2D eigenvalue weighted by Gasteiger charge is 1.94. The van der Waals surface area contributed by atoms with Crippen LogP contribution in [-0.4, -0.2) is 8.76 Å². The fourth-order valence-corrected chi connectivity index (χ4v) is 1.08. The Morgan fingerprint density at radius 1 is 1.46 bits per heavy atom. The van der Waals surface area contributed by atoms with Gasteiger partial charge in [-0.05, 0) is 40.6 Å². The van der Waals surface area contributed by atoms with Gasteiger partial charge in [0.25, 0.3) is 0 Å². The average molecular weight is 197 g/mol. The lowest BCUT2D eigenvalue weighted by Crippen LogP contribution is -1.90. The predicted molar refractivity (Wildman–Crippen MR) is 46.4 cm³/mol. The van der Waals surface area contributed by atoms with Crippen molar-refractivity contribution in [2.45, 2.75) is 4.90 Å². The summed E-state index contributed by atoms with van der Waals surface area (Å²) in [7, 11) is 0. The molecule has 0 fully saturated rings. The summed E-state index contributed by atoms with van der Waals surface area (Å²) >= 11 is -2.22. The highest BCUT2D eigenvalue weighted by atomic mass is 32.2. The molecule has 1 rings (SSSR count). The third kappa shape index (κ3) is 2.75. The van der Waals surface area contributed by atoms with Gasteiger partial charge in [0.2, 0.25) is 0 Å². The van der Waals surface area contributed by atoms with Crippen LogP contribution in [0.15, 0.2) is 34.4 Å². The number of anilines is 1. The zero-order chi connectivity index (χ0) is 9.68. The summed E-state index contributed by atoms with van der Waals surface area (Å²) in [6.45, 7) is 0. The van der Waals surface area contributed by atoms with Gasteiger partial charge in [0.15, 0.2) is 0 Å². The van der Waals surface area contributed by atoms with Crippen molar-refractivity contribution in [3.05, 3.63) is 34.7 Å². The second-order valence-electron chi connectivity index (χ2n) is 2.06. The summed E-state index contributed by atoms with van der Waals surface area (Å²) in [6.07, 6.45) is 0. The lowest BCUT2D eigenvalue weighted by molar-refractivity contribution is 0.537. The van der Waals surface area contributed by atoms with E-state index in [1.807, 2.05) is 0 Å². The Morgan fingerprint density at radius 3 is 2.54 bits per heavy atom. The zero-order valence-corrected chi connectivity index (χ0v) is 7.19. The molecule has 13 heavy (non-hydrogen) atoms. The van der Waals surface area contributed by atoms with E-state index in [4.69, 9.17) is 5.53 Å². The van der Waals surface area contributed by atoms with Gasteiger partial charge in [0, 0.05) is 4.90 Å². The molecule has 0 amide bonds. The molecule has 0 bridgehead atoms. The molecule has 1 atom stereocenters. The van der Waals surface area contributed by atoms with Gasteiger partial charge in [-0.2, -0.15) is 4.91 Å². The van der Waals surface area contributed by atoms with Gasteiger partial charge in [-0.25, -0.2) is 5.43 Å². The Morgan fingerprint density at radius 2 is 2.08 bits per heavy atom. The molecule has 1 N–H and O–H groups in total. The topological polar surface area (TPSA) is 101 Å². The average Bonchev–Trinajstić information content (AvgIpc) is 2.15. The molecule has 0 aliphatic carbocycles. The first-order valence-corrected chi connectivity index (χ1v) is 4.31. The number of benzene rings is 1. The highest BCUT2D eigenvalue weighted by molar-refractivity contribution is 7.79. The van der Waals surface area contributed by atoms with E-state index >= 15 is 0 Å². The fraction of sp³-hybridized carbons (Fsp3) is 0. The lowest BCUT2D eigenvalue weighted by atomic mass is 10.3. The van der Waals surface area contributed by atoms with Crippen molar-refractivity contribution in [2.75, 3.05) is 5.43 Å². The Kier molecular flexibility index (Phi) is 3.27. The minimum atomic E-state index is -2.22. The molecular formula is C6H5N4O2S-. The molecule has 0 aromatic heterocycles. The van der Waals surface area contributed by atoms with Crippen LogP contribution in [-0.2, 0) is 11.1 Å². The normalized spacial score (nSPS) is 11.5. The summed E-state index contributed by atoms with van der Waals surface area (Å²) in [6, 6.07) is 5.80. The molecule has 0 aliphatic rings. The summed E-state index contributed by atoms with van der Waals surface area (Å²) in [4.78, 5) is 2.67. The Labute approximate surface area is 76.5 Å². The van der Waals surface area contributed by atoms with Crippen LogP contribution in [0, 0.1) is 0 Å². The summed E-state index contributed by atoms with van der Waals surface area (Å²) in [5.41, 5.74) is 10.9. The number of rotatable bonds is 3. The number of nitrogens with one attached hydrogen (secondary N) is 1. The van der Waals surface area contributed by atoms with E-state index in [9.17, 15) is 8.76 Å². The Bertz CT molecular complexity index is 357. The van der Waals surface area contributed by atoms with Gasteiger partial charge in [0.05, 0.1) is 0 Å². The largest absolute Gasteiger partial charge is 0.768 e. The molecule has 1 unspecified atom stereocenters. The van der Waals surface area contributed by atoms with Crippen molar-refractivity contribution in [1.29, 1.82) is 0 Å². The number of nitrogens with zero attached hydrogens (tertiary/aromatic N) is 3. The van der Waals surface area contributed by atoms with Gasteiger partial charge >= 0.3 is 0 Å². The first-order valence-electron chi connectivity index (χ1n) is 3.23. The van der Waals surface area contributed by atoms with E-state index in [-0.39, 0.29) is 4.90 Å². The molecule has 0 aliphatic heterocycles. The maximum absolute atomic E-state index is 10.4. The van der Waals surface area contributed by atoms with Crippen molar-refractivity contribution in [3.8, 4) is 0 Å². The first kappa shape index (κ1) is 9.53. The molecule has 68 valence electrons. The van der Waals surface area contributed by atoms with Crippen LogP contribution in [0.25, 0.3) is 10.4 Å². The van der Waals surface area contributed by atoms with Gasteiger partial charge in [0.1, 0.15) is 5.69 Å². The maximum Gasteiger partial charge on any atom is 0.128 e. The number of hydrogen-bond donors (Lipinski definition) is 1. The molecule has 0 spiro atoms. The van der Waals surface area contributed by atoms with Crippen LogP contribution in [0.5, 0.6) is 0 Å². The standard InChI is InChI=1S/C6H6N4O2S/c7-9-10-8-5-1-3-6(4-2-5)13(11)12/h1-4,8H,(H,11,12)/p-1. The van der Waals surface area contributed by atoms with Gasteiger partial charge in [-0.3, -0.25) is 4.21 Å². The molecule has 0 heterocycles. The third-order valence-corrected chi connectivity index (χ3v) is 1.93. The van der Waals surface area contributed by atoms with E-state index in [0.717, 1.165) is 0 Å². The predicted octanol–water partition coefficient (Wildman–Crippen LogP) is 1.56. The molecule has 1 aromatic carbocycles. The van der Waals surface area contributed by atoms with Gasteiger partial charge in [-0.1, -0.05) is 0 Å². The van der Waals surface area contributed by atoms with E-state index in [2.05, 4.69) is 15.6 Å². The quantitative estimate of drug-likeness (QED) is 0.261. The fourth-order valence-electron chi connectivity index (χ4n) is 0.721. The molecule has 1 aromatic rings. The zero-order valence-electron chi connectivity index (χ0n) is 6.38. The van der Waals surface area contributed by atoms with Crippen LogP contribution in [0.4, 0.5) is 5.69 Å². The van der Waals surface area contributed by atoms with E-state index < -0.39 is 11.1 Å². The van der Waals surface area contributed by atoms with Crippen LogP contribution in [0.2, 0.25) is 0 Å². The lowest BCUT2D eigenvalue weighted by Gasteiger charge is -2.03. The monoisotopic (exact) mass is 197 g/mol. The van der Waals surface area contributed by atoms with Gasteiger partial charge in [-0.15, -0.1) is 5.53 Å². The summed E-state index contributed by atoms with van der Waals surface area (Å²) in [5, 5.41) is 3.09. The molecule has 6 nitrogen and oxygen atoms in total. The second-order valence-corrected chi connectivity index (χ2v) is 3.00. The van der Waals surface area contributed by atoms with Crippen molar-refractivity contribution in [2.24, 2.45) is 5.22 Å². The Balaban J connectivity index is 2.80. The molecule has 7 heteroatoms. The van der Waals surface area contributed by atoms with Gasteiger partial charge < -0.3 is 4.55 Å². The van der Waals surface area contributed by atoms with Crippen LogP contribution < -0.4 is 5.43 Å². The van der Waals surface area contributed by atoms with E-state index in [1.54, 1.807) is 0 Å². The first-order chi connectivity index (χ1) is 6.24. The SMILES string of the molecule is [N-]=[N+]=NNc1ccc(S(=O)[O-])cc1. The maximum atomic E-state index is 10.4. The van der Waals surface area contributed by atoms with Crippen LogP contribution in [0.3, 0.4) is 0 Å². The smallest absolute Gasteiger partial charge is 0.128 e.